The zero-order valence-corrected chi connectivity index (χ0v) is 19.6. The molecule has 11 heteroatoms. The fourth-order valence-corrected chi connectivity index (χ4v) is 4.30. The first-order valence-electron chi connectivity index (χ1n) is 11.0. The summed E-state index contributed by atoms with van der Waals surface area (Å²) in [7, 11) is -0.505. The minimum atomic E-state index is -2.66. The van der Waals surface area contributed by atoms with Crippen LogP contribution in [0.4, 0.5) is 17.2 Å². The smallest absolute Gasteiger partial charge is 0.201 e. The van der Waals surface area contributed by atoms with Crippen molar-refractivity contribution in [3.05, 3.63) is 60.3 Å². The second-order valence-corrected chi connectivity index (χ2v) is 9.11. The Balaban J connectivity index is 1.40. The van der Waals surface area contributed by atoms with Crippen LogP contribution in [0.2, 0.25) is 0 Å². The van der Waals surface area contributed by atoms with E-state index in [1.807, 2.05) is 36.4 Å². The molecule has 176 valence electrons. The molecule has 0 radical (unpaired) electrons. The maximum Gasteiger partial charge on any atom is 0.201 e. The second-order valence-electron chi connectivity index (χ2n) is 8.28. The molecule has 1 aliphatic rings. The highest BCUT2D eigenvalue weighted by Gasteiger charge is 2.15. The zero-order valence-electron chi connectivity index (χ0n) is 18.7. The van der Waals surface area contributed by atoms with Crippen molar-refractivity contribution in [2.45, 2.75) is 6.54 Å². The van der Waals surface area contributed by atoms with Crippen LogP contribution in [-0.4, -0.2) is 66.7 Å². The third kappa shape index (κ3) is 5.01. The van der Waals surface area contributed by atoms with Gasteiger partial charge < -0.3 is 15.1 Å². The molecule has 5 rings (SSSR count). The normalized spacial score (nSPS) is 14.7. The largest absolute Gasteiger partial charge is 0.369 e. The van der Waals surface area contributed by atoms with E-state index < -0.39 is 10.9 Å². The van der Waals surface area contributed by atoms with Crippen LogP contribution in [0.1, 0.15) is 5.56 Å². The van der Waals surface area contributed by atoms with Crippen LogP contribution in [0.25, 0.3) is 22.4 Å². The number of H-pyrrole nitrogens is 1. The molecule has 34 heavy (non-hydrogen) atoms. The van der Waals surface area contributed by atoms with Gasteiger partial charge in [0.05, 0.1) is 6.20 Å². The molecule has 0 bridgehead atoms. The average Bonchev–Trinajstić information content (AvgIpc) is 3.33. The molecule has 0 atom stereocenters. The SMILES string of the molecule is CN1CCN(c2ccc(Nc3nc(-c4cccc(CN[SH](=O)=O)c4)nc4cn[nH]c34)cc2)CC1. The molecule has 3 N–H and O–H groups in total. The number of anilines is 3. The predicted octanol–water partition coefficient (Wildman–Crippen LogP) is 2.13. The first kappa shape index (κ1) is 22.3. The molecule has 2 aromatic heterocycles. The maximum absolute atomic E-state index is 10.9. The van der Waals surface area contributed by atoms with Gasteiger partial charge in [-0.25, -0.2) is 23.1 Å². The summed E-state index contributed by atoms with van der Waals surface area (Å²) in [6.07, 6.45) is 1.66. The minimum absolute atomic E-state index is 0.214. The summed E-state index contributed by atoms with van der Waals surface area (Å²) in [6.45, 7) is 4.38. The van der Waals surface area contributed by atoms with E-state index >= 15 is 0 Å². The fraction of sp³-hybridized carbons (Fsp3) is 0.261. The van der Waals surface area contributed by atoms with E-state index in [1.54, 1.807) is 6.20 Å². The zero-order chi connectivity index (χ0) is 23.5. The average molecular weight is 479 g/mol. The van der Waals surface area contributed by atoms with E-state index in [0.717, 1.165) is 43.0 Å². The summed E-state index contributed by atoms with van der Waals surface area (Å²) in [6, 6.07) is 15.8. The number of aromatic nitrogens is 4. The minimum Gasteiger partial charge on any atom is -0.369 e. The molecule has 1 aliphatic heterocycles. The van der Waals surface area contributed by atoms with Crippen LogP contribution in [0.5, 0.6) is 0 Å². The van der Waals surface area contributed by atoms with Gasteiger partial charge in [0.15, 0.2) is 11.6 Å². The van der Waals surface area contributed by atoms with Gasteiger partial charge in [0, 0.05) is 49.7 Å². The van der Waals surface area contributed by atoms with Crippen LogP contribution in [-0.2, 0) is 17.4 Å². The van der Waals surface area contributed by atoms with Crippen LogP contribution in [0, 0.1) is 0 Å². The number of fused-ring (bicyclic) bond motifs is 1. The Hall–Kier alpha value is -3.54. The Morgan fingerprint density at radius 3 is 2.59 bits per heavy atom. The van der Waals surface area contributed by atoms with Crippen molar-refractivity contribution in [2.75, 3.05) is 43.4 Å². The Morgan fingerprint density at radius 2 is 1.82 bits per heavy atom. The van der Waals surface area contributed by atoms with Crippen molar-refractivity contribution >= 4 is 39.1 Å². The first-order chi connectivity index (χ1) is 16.5. The summed E-state index contributed by atoms with van der Waals surface area (Å²) in [5, 5.41) is 10.5. The Kier molecular flexibility index (Phi) is 6.39. The molecule has 0 aliphatic carbocycles. The lowest BCUT2D eigenvalue weighted by atomic mass is 10.1. The van der Waals surface area contributed by atoms with Crippen LogP contribution in [0.15, 0.2) is 54.7 Å². The highest BCUT2D eigenvalue weighted by atomic mass is 32.2. The molecule has 2 aromatic carbocycles. The van der Waals surface area contributed by atoms with Gasteiger partial charge in [-0.2, -0.15) is 5.10 Å². The van der Waals surface area contributed by atoms with Crippen molar-refractivity contribution in [2.24, 2.45) is 0 Å². The monoisotopic (exact) mass is 478 g/mol. The highest BCUT2D eigenvalue weighted by Crippen LogP contribution is 2.27. The van der Waals surface area contributed by atoms with Gasteiger partial charge >= 0.3 is 0 Å². The number of aromatic amines is 1. The molecule has 0 saturated carbocycles. The molecule has 3 heterocycles. The van der Waals surface area contributed by atoms with Crippen LogP contribution >= 0.6 is 0 Å². The number of nitrogens with one attached hydrogen (secondary N) is 3. The van der Waals surface area contributed by atoms with Crippen molar-refractivity contribution in [1.82, 2.24) is 29.8 Å². The van der Waals surface area contributed by atoms with Gasteiger partial charge in [-0.1, -0.05) is 18.2 Å². The Morgan fingerprint density at radius 1 is 1.03 bits per heavy atom. The molecule has 0 spiro atoms. The number of thiol groups is 1. The lowest BCUT2D eigenvalue weighted by Crippen LogP contribution is -2.44. The maximum atomic E-state index is 10.9. The summed E-state index contributed by atoms with van der Waals surface area (Å²) in [5.41, 5.74) is 5.13. The van der Waals surface area contributed by atoms with E-state index in [2.05, 4.69) is 54.2 Å². The number of nitrogens with zero attached hydrogens (tertiary/aromatic N) is 5. The summed E-state index contributed by atoms with van der Waals surface area (Å²) in [4.78, 5) is 14.1. The third-order valence-electron chi connectivity index (χ3n) is 5.90. The number of likely N-dealkylation sites (N-methyl/N-ethyl adjacent to an activating group) is 1. The molecule has 1 fully saturated rings. The third-order valence-corrected chi connectivity index (χ3v) is 6.31. The van der Waals surface area contributed by atoms with Crippen LogP contribution < -0.4 is 14.9 Å². The highest BCUT2D eigenvalue weighted by molar-refractivity contribution is 7.70. The molecule has 0 amide bonds. The number of benzene rings is 2. The van der Waals surface area contributed by atoms with E-state index in [-0.39, 0.29) is 6.54 Å². The number of hydrogen-bond donors (Lipinski definition) is 4. The van der Waals surface area contributed by atoms with E-state index in [4.69, 9.17) is 4.98 Å². The molecule has 1 saturated heterocycles. The fourth-order valence-electron chi connectivity index (χ4n) is 3.99. The number of piperazine rings is 1. The number of rotatable bonds is 7. The molecule has 10 nitrogen and oxygen atoms in total. The molecule has 0 unspecified atom stereocenters. The lowest BCUT2D eigenvalue weighted by molar-refractivity contribution is 0.313. The van der Waals surface area contributed by atoms with Crippen molar-refractivity contribution in [3.63, 3.8) is 0 Å². The van der Waals surface area contributed by atoms with E-state index in [0.29, 0.717) is 22.7 Å². The van der Waals surface area contributed by atoms with Crippen molar-refractivity contribution in [3.8, 4) is 11.4 Å². The van der Waals surface area contributed by atoms with E-state index in [9.17, 15) is 8.42 Å². The van der Waals surface area contributed by atoms with Gasteiger partial charge in [-0.3, -0.25) is 5.10 Å². The predicted molar refractivity (Wildman–Crippen MR) is 134 cm³/mol. The second kappa shape index (κ2) is 9.75. The van der Waals surface area contributed by atoms with Gasteiger partial charge in [-0.05, 0) is 42.9 Å². The Labute approximate surface area is 199 Å². The van der Waals surface area contributed by atoms with Gasteiger partial charge in [0.2, 0.25) is 10.9 Å². The van der Waals surface area contributed by atoms with Crippen LogP contribution in [0.3, 0.4) is 0 Å². The summed E-state index contributed by atoms with van der Waals surface area (Å²) < 4.78 is 24.1. The molecular weight excluding hydrogens is 452 g/mol. The Bertz CT molecular complexity index is 1350. The van der Waals surface area contributed by atoms with Gasteiger partial charge in [0.25, 0.3) is 0 Å². The summed E-state index contributed by atoms with van der Waals surface area (Å²) in [5.74, 6) is 1.15. The van der Waals surface area contributed by atoms with Gasteiger partial charge in [-0.15, -0.1) is 0 Å². The first-order valence-corrected chi connectivity index (χ1v) is 12.2. The van der Waals surface area contributed by atoms with Crippen molar-refractivity contribution in [1.29, 1.82) is 0 Å². The number of hydrogen-bond acceptors (Lipinski definition) is 8. The summed E-state index contributed by atoms with van der Waals surface area (Å²) >= 11 is 0. The molecule has 4 aromatic rings. The van der Waals surface area contributed by atoms with Crippen molar-refractivity contribution < 1.29 is 8.42 Å². The quantitative estimate of drug-likeness (QED) is 0.298. The molecular formula is C23H26N8O2S. The van der Waals surface area contributed by atoms with E-state index in [1.165, 1.54) is 5.69 Å². The van der Waals surface area contributed by atoms with Gasteiger partial charge in [0.1, 0.15) is 11.0 Å². The standard InChI is InChI=1S/C23H26N8O2S/c1-30-9-11-31(12-10-30)19-7-5-18(6-8-19)26-23-21-20(15-24-29-21)27-22(28-23)17-4-2-3-16(13-17)14-25-34(32)33/h2-8,13,15,34H,9-12,14H2,1H3,(H,24,29)(H,25,32,33)(H,26,27,28). The lowest BCUT2D eigenvalue weighted by Gasteiger charge is -2.34. The topological polar surface area (TPSA) is 119 Å².